The Morgan fingerprint density at radius 1 is 0.875 bits per heavy atom. The van der Waals surface area contributed by atoms with Crippen LogP contribution in [0.2, 0.25) is 0 Å². The van der Waals surface area contributed by atoms with E-state index in [-0.39, 0.29) is 36.2 Å². The summed E-state index contributed by atoms with van der Waals surface area (Å²) in [5.74, 6) is -0.546. The highest BCUT2D eigenvalue weighted by molar-refractivity contribution is 6.04. The van der Waals surface area contributed by atoms with Gasteiger partial charge in [0.1, 0.15) is 0 Å². The van der Waals surface area contributed by atoms with Gasteiger partial charge in [-0.1, -0.05) is 60.7 Å². The fraction of sp³-hybridized carbons (Fsp3) is 0.120. The van der Waals surface area contributed by atoms with E-state index in [1.54, 1.807) is 42.5 Å². The van der Waals surface area contributed by atoms with Crippen LogP contribution in [0.4, 0.5) is 5.69 Å². The Hall–Kier alpha value is -4.26. The van der Waals surface area contributed by atoms with Crippen LogP contribution < -0.4 is 16.2 Å². The van der Waals surface area contributed by atoms with E-state index in [1.807, 2.05) is 36.4 Å². The first kappa shape index (κ1) is 21.0. The number of aromatic nitrogens is 2. The third-order valence-corrected chi connectivity index (χ3v) is 4.96. The molecule has 4 rings (SSSR count). The number of carbonyl (C=O) groups is 2. The minimum absolute atomic E-state index is 0.164. The van der Waals surface area contributed by atoms with Crippen molar-refractivity contribution in [2.45, 2.75) is 20.0 Å². The van der Waals surface area contributed by atoms with Gasteiger partial charge in [-0.15, -0.1) is 0 Å². The van der Waals surface area contributed by atoms with Crippen LogP contribution in [0.5, 0.6) is 0 Å². The predicted octanol–water partition coefficient (Wildman–Crippen LogP) is 3.33. The van der Waals surface area contributed by atoms with E-state index in [9.17, 15) is 14.4 Å². The van der Waals surface area contributed by atoms with E-state index < -0.39 is 0 Å². The minimum atomic E-state index is -0.382. The number of hydrogen-bond donors (Lipinski definition) is 2. The van der Waals surface area contributed by atoms with Crippen molar-refractivity contribution in [2.24, 2.45) is 0 Å². The number of fused-ring (bicyclic) bond motifs is 1. The Morgan fingerprint density at radius 3 is 2.31 bits per heavy atom. The van der Waals surface area contributed by atoms with Crippen molar-refractivity contribution in [2.75, 3.05) is 5.32 Å². The van der Waals surface area contributed by atoms with E-state index in [0.717, 1.165) is 11.1 Å². The van der Waals surface area contributed by atoms with Gasteiger partial charge in [0.2, 0.25) is 5.91 Å². The average Bonchev–Trinajstić information content (AvgIpc) is 2.80. The Bertz CT molecular complexity index is 1350. The van der Waals surface area contributed by atoms with E-state index in [2.05, 4.69) is 15.7 Å². The molecule has 0 saturated heterocycles. The van der Waals surface area contributed by atoms with Crippen molar-refractivity contribution in [3.63, 3.8) is 0 Å². The van der Waals surface area contributed by atoms with E-state index in [0.29, 0.717) is 16.5 Å². The van der Waals surface area contributed by atoms with Gasteiger partial charge in [0.25, 0.3) is 11.5 Å². The number of benzene rings is 3. The van der Waals surface area contributed by atoms with Gasteiger partial charge in [-0.25, -0.2) is 4.68 Å². The Balaban J connectivity index is 1.63. The molecule has 7 nitrogen and oxygen atoms in total. The third kappa shape index (κ3) is 4.73. The summed E-state index contributed by atoms with van der Waals surface area (Å²) in [7, 11) is 0. The fourth-order valence-corrected chi connectivity index (χ4v) is 3.49. The van der Waals surface area contributed by atoms with Gasteiger partial charge < -0.3 is 10.6 Å². The molecule has 0 aliphatic rings. The van der Waals surface area contributed by atoms with Gasteiger partial charge in [0, 0.05) is 24.5 Å². The maximum absolute atomic E-state index is 13.1. The topological polar surface area (TPSA) is 93.1 Å². The predicted molar refractivity (Wildman–Crippen MR) is 123 cm³/mol. The monoisotopic (exact) mass is 426 g/mol. The molecule has 1 heterocycles. The quantitative estimate of drug-likeness (QED) is 0.495. The standard InChI is InChI=1S/C25H22N4O3/c1-17(30)27-20-11-7-10-19(14-20)15-26-24(31)23-21-12-5-6-13-22(21)25(32)29(28-23)16-18-8-3-2-4-9-18/h2-14H,15-16H2,1H3,(H,26,31)(H,27,30). The molecule has 160 valence electrons. The zero-order chi connectivity index (χ0) is 22.5. The normalized spacial score (nSPS) is 10.7. The summed E-state index contributed by atoms with van der Waals surface area (Å²) in [6.07, 6.45) is 0. The molecule has 7 heteroatoms. The van der Waals surface area contributed by atoms with Gasteiger partial charge in [-0.2, -0.15) is 5.10 Å². The summed E-state index contributed by atoms with van der Waals surface area (Å²) >= 11 is 0. The Morgan fingerprint density at radius 2 is 1.56 bits per heavy atom. The minimum Gasteiger partial charge on any atom is -0.347 e. The van der Waals surface area contributed by atoms with Crippen molar-refractivity contribution in [3.8, 4) is 0 Å². The van der Waals surface area contributed by atoms with E-state index in [1.165, 1.54) is 11.6 Å². The second kappa shape index (κ2) is 9.26. The molecule has 0 aliphatic carbocycles. The number of anilines is 1. The lowest BCUT2D eigenvalue weighted by Crippen LogP contribution is -2.30. The lowest BCUT2D eigenvalue weighted by atomic mass is 10.1. The van der Waals surface area contributed by atoms with Crippen molar-refractivity contribution in [3.05, 3.63) is 106 Å². The van der Waals surface area contributed by atoms with Crippen molar-refractivity contribution in [1.29, 1.82) is 0 Å². The van der Waals surface area contributed by atoms with Crippen LogP contribution in [0.1, 0.15) is 28.5 Å². The zero-order valence-corrected chi connectivity index (χ0v) is 17.5. The number of amides is 2. The molecule has 0 saturated carbocycles. The second-order valence-corrected chi connectivity index (χ2v) is 7.41. The lowest BCUT2D eigenvalue weighted by molar-refractivity contribution is -0.114. The summed E-state index contributed by atoms with van der Waals surface area (Å²) in [6.45, 7) is 1.96. The van der Waals surface area contributed by atoms with Gasteiger partial charge in [0.15, 0.2) is 5.69 Å². The van der Waals surface area contributed by atoms with Crippen LogP contribution in [0.15, 0.2) is 83.7 Å². The smallest absolute Gasteiger partial charge is 0.274 e. The molecule has 0 unspecified atom stereocenters. The molecule has 1 aromatic heterocycles. The summed E-state index contributed by atoms with van der Waals surface area (Å²) in [4.78, 5) is 37.3. The summed E-state index contributed by atoms with van der Waals surface area (Å²) < 4.78 is 1.32. The van der Waals surface area contributed by atoms with Gasteiger partial charge in [-0.05, 0) is 29.3 Å². The number of nitrogens with zero attached hydrogens (tertiary/aromatic N) is 2. The molecule has 2 amide bonds. The van der Waals surface area contributed by atoms with Crippen LogP contribution in [-0.4, -0.2) is 21.6 Å². The number of carbonyl (C=O) groups excluding carboxylic acids is 2. The average molecular weight is 426 g/mol. The largest absolute Gasteiger partial charge is 0.347 e. The maximum atomic E-state index is 13.1. The van der Waals surface area contributed by atoms with E-state index in [4.69, 9.17) is 0 Å². The van der Waals surface area contributed by atoms with Crippen LogP contribution in [-0.2, 0) is 17.9 Å². The number of rotatable bonds is 6. The molecule has 0 aliphatic heterocycles. The van der Waals surface area contributed by atoms with E-state index >= 15 is 0 Å². The van der Waals surface area contributed by atoms with Crippen LogP contribution in [0.3, 0.4) is 0 Å². The molecule has 0 spiro atoms. The highest BCUT2D eigenvalue weighted by Crippen LogP contribution is 2.15. The summed E-state index contributed by atoms with van der Waals surface area (Å²) in [6, 6.07) is 23.7. The van der Waals surface area contributed by atoms with Crippen LogP contribution in [0, 0.1) is 0 Å². The van der Waals surface area contributed by atoms with Crippen molar-refractivity contribution >= 4 is 28.3 Å². The molecule has 32 heavy (non-hydrogen) atoms. The maximum Gasteiger partial charge on any atom is 0.274 e. The number of hydrogen-bond acceptors (Lipinski definition) is 4. The first-order chi connectivity index (χ1) is 15.5. The molecule has 0 atom stereocenters. The highest BCUT2D eigenvalue weighted by Gasteiger charge is 2.16. The molecule has 0 fully saturated rings. The van der Waals surface area contributed by atoms with Gasteiger partial charge >= 0.3 is 0 Å². The molecule has 0 radical (unpaired) electrons. The number of nitrogens with one attached hydrogen (secondary N) is 2. The van der Waals surface area contributed by atoms with Gasteiger partial charge in [-0.3, -0.25) is 14.4 Å². The highest BCUT2D eigenvalue weighted by atomic mass is 16.2. The van der Waals surface area contributed by atoms with Crippen LogP contribution >= 0.6 is 0 Å². The zero-order valence-electron chi connectivity index (χ0n) is 17.5. The molecular weight excluding hydrogens is 404 g/mol. The fourth-order valence-electron chi connectivity index (χ4n) is 3.49. The Kier molecular flexibility index (Phi) is 6.07. The molecule has 4 aromatic rings. The molecular formula is C25H22N4O3. The molecule has 3 aromatic carbocycles. The summed E-state index contributed by atoms with van der Waals surface area (Å²) in [5.41, 5.74) is 2.34. The lowest BCUT2D eigenvalue weighted by Gasteiger charge is -2.12. The van der Waals surface area contributed by atoms with Crippen molar-refractivity contribution < 1.29 is 9.59 Å². The first-order valence-corrected chi connectivity index (χ1v) is 10.2. The Labute approximate surface area is 184 Å². The van der Waals surface area contributed by atoms with Gasteiger partial charge in [0.05, 0.1) is 11.9 Å². The molecule has 0 bridgehead atoms. The van der Waals surface area contributed by atoms with Crippen LogP contribution in [0.25, 0.3) is 10.8 Å². The SMILES string of the molecule is CC(=O)Nc1cccc(CNC(=O)c2nn(Cc3ccccc3)c(=O)c3ccccc23)c1. The molecule has 2 N–H and O–H groups in total. The third-order valence-electron chi connectivity index (χ3n) is 4.96. The second-order valence-electron chi connectivity index (χ2n) is 7.41. The summed E-state index contributed by atoms with van der Waals surface area (Å²) in [5, 5.41) is 10.9. The first-order valence-electron chi connectivity index (χ1n) is 10.2. The van der Waals surface area contributed by atoms with Crippen molar-refractivity contribution in [1.82, 2.24) is 15.1 Å².